The molecule has 0 fully saturated rings. The largest absolute Gasteiger partial charge is 0.456 e. The van der Waals surface area contributed by atoms with Gasteiger partial charge in [-0.1, -0.05) is 218 Å². The Kier molecular flexibility index (Phi) is 14.0. The van der Waals surface area contributed by atoms with E-state index in [4.69, 9.17) is 9.47 Å². The van der Waals surface area contributed by atoms with Crippen LogP contribution >= 0.6 is 0 Å². The fourth-order valence-electron chi connectivity index (χ4n) is 14.1. The van der Waals surface area contributed by atoms with E-state index in [1.165, 1.54) is 77.9 Å². The Bertz CT molecular complexity index is 3730. The lowest BCUT2D eigenvalue weighted by molar-refractivity contribution is 0.477. The summed E-state index contributed by atoms with van der Waals surface area (Å²) < 4.78 is 15.8. The lowest BCUT2D eigenvalue weighted by Gasteiger charge is -2.47. The van der Waals surface area contributed by atoms with E-state index >= 15 is 0 Å². The van der Waals surface area contributed by atoms with Gasteiger partial charge in [0.2, 0.25) is 0 Å². The van der Waals surface area contributed by atoms with Crippen molar-refractivity contribution in [2.75, 3.05) is 9.80 Å². The van der Waals surface area contributed by atoms with Crippen molar-refractivity contribution in [1.29, 1.82) is 0 Å². The van der Waals surface area contributed by atoms with Gasteiger partial charge in [-0.05, 0) is 186 Å². The van der Waals surface area contributed by atoms with Crippen LogP contribution in [0.25, 0.3) is 22.3 Å². The molecule has 84 heavy (non-hydrogen) atoms. The van der Waals surface area contributed by atoms with E-state index in [1.54, 1.807) is 0 Å². The van der Waals surface area contributed by atoms with Gasteiger partial charge in [-0.3, -0.25) is 0 Å². The molecule has 0 spiro atoms. The molecule has 0 saturated carbocycles. The highest BCUT2D eigenvalue weighted by Crippen LogP contribution is 2.54. The van der Waals surface area contributed by atoms with E-state index in [0.717, 1.165) is 93.3 Å². The molecule has 9 aromatic rings. The smallest absolute Gasteiger partial charge is 0.256 e. The van der Waals surface area contributed by atoms with Gasteiger partial charge in [0.25, 0.3) is 13.4 Å². The molecule has 9 aromatic carbocycles. The first-order valence-electron chi connectivity index (χ1n) is 31.3. The number of anilines is 6. The lowest BCUT2D eigenvalue weighted by atomic mass is 9.31. The van der Waals surface area contributed by atoms with Gasteiger partial charge in [0.05, 0.1) is 11.4 Å². The Morgan fingerprint density at radius 1 is 0.345 bits per heavy atom. The topological polar surface area (TPSA) is 24.9 Å². The predicted octanol–water partition coefficient (Wildman–Crippen LogP) is 17.2. The highest BCUT2D eigenvalue weighted by molar-refractivity contribution is 7.02. The van der Waals surface area contributed by atoms with Gasteiger partial charge in [0.1, 0.15) is 23.0 Å². The normalized spacial score (nSPS) is 13.8. The second kappa shape index (κ2) is 21.1. The molecule has 6 heteroatoms. The zero-order valence-electron chi connectivity index (χ0n) is 52.2. The third-order valence-electron chi connectivity index (χ3n) is 17.9. The molecule has 0 unspecified atom stereocenters. The first kappa shape index (κ1) is 55.5. The molecule has 422 valence electrons. The molecule has 0 aliphatic carbocycles. The minimum absolute atomic E-state index is 0.0466. The maximum Gasteiger partial charge on any atom is 0.256 e. The standard InChI is InChI=1S/C78H82B2N2O2/c1-47(2)39-51-15-31-61(32-16-51)81-67-35-19-53(41-49(5)6)43-63(67)79-65-45-57(55-21-27-59(28-22-55)77(9,10)11)26-38-70(65)84-76-71(79)73(81)75-72-74(76)82(62-33-17-52(18-34-62)40-48(3)4)68-36-20-54(42-50(7)8)44-64(68)80(72)66-46-58(25-37-69(66)83-75)56-23-29-60(30-24-56)78(12,13)14/h15-38,43-50H,39-42H2,1-14H3. The van der Waals surface area contributed by atoms with Crippen LogP contribution in [0.4, 0.5) is 34.1 Å². The van der Waals surface area contributed by atoms with Crippen LogP contribution in [0.5, 0.6) is 23.0 Å². The summed E-state index contributed by atoms with van der Waals surface area (Å²) >= 11 is 0. The average Bonchev–Trinajstić information content (AvgIpc) is 0.689. The number of ether oxygens (including phenoxy) is 2. The van der Waals surface area contributed by atoms with Crippen molar-refractivity contribution in [3.8, 4) is 45.3 Å². The molecule has 0 radical (unpaired) electrons. The van der Waals surface area contributed by atoms with E-state index in [2.05, 4.69) is 277 Å². The van der Waals surface area contributed by atoms with Gasteiger partial charge in [-0.15, -0.1) is 0 Å². The van der Waals surface area contributed by atoms with Crippen molar-refractivity contribution < 1.29 is 9.47 Å². The van der Waals surface area contributed by atoms with Gasteiger partial charge in [-0.25, -0.2) is 0 Å². The summed E-state index contributed by atoms with van der Waals surface area (Å²) in [6.07, 6.45) is 3.98. The molecule has 0 saturated heterocycles. The zero-order valence-corrected chi connectivity index (χ0v) is 52.2. The van der Waals surface area contributed by atoms with Gasteiger partial charge < -0.3 is 19.3 Å². The minimum atomic E-state index is -0.195. The summed E-state index contributed by atoms with van der Waals surface area (Å²) in [5, 5.41) is 0. The van der Waals surface area contributed by atoms with Crippen LogP contribution in [0.15, 0.2) is 170 Å². The second-order valence-corrected chi connectivity index (χ2v) is 28.6. The zero-order chi connectivity index (χ0) is 58.7. The maximum atomic E-state index is 7.92. The molecule has 0 amide bonds. The Hall–Kier alpha value is -7.69. The van der Waals surface area contributed by atoms with E-state index in [1.807, 2.05) is 0 Å². The van der Waals surface area contributed by atoms with Gasteiger partial charge in [0.15, 0.2) is 0 Å². The molecule has 0 N–H and O–H groups in total. The summed E-state index contributed by atoms with van der Waals surface area (Å²) in [5.74, 6) is 5.58. The van der Waals surface area contributed by atoms with Gasteiger partial charge in [-0.2, -0.15) is 0 Å². The first-order chi connectivity index (χ1) is 40.2. The lowest BCUT2D eigenvalue weighted by Crippen LogP contribution is -2.64. The van der Waals surface area contributed by atoms with Crippen molar-refractivity contribution in [2.24, 2.45) is 23.7 Å². The monoisotopic (exact) mass is 1100 g/mol. The number of hydrogen-bond acceptors (Lipinski definition) is 4. The molecule has 4 heterocycles. The number of rotatable bonds is 12. The van der Waals surface area contributed by atoms with Crippen molar-refractivity contribution in [2.45, 2.75) is 133 Å². The summed E-state index contributed by atoms with van der Waals surface area (Å²) in [6, 6.07) is 65.8. The number of hydrogen-bond donors (Lipinski definition) is 0. The van der Waals surface area contributed by atoms with E-state index < -0.39 is 0 Å². The van der Waals surface area contributed by atoms with E-state index in [-0.39, 0.29) is 24.3 Å². The van der Waals surface area contributed by atoms with Gasteiger partial charge in [0, 0.05) is 33.7 Å². The van der Waals surface area contributed by atoms with Crippen LogP contribution in [-0.2, 0) is 36.5 Å². The van der Waals surface area contributed by atoms with E-state index in [0.29, 0.717) is 23.7 Å². The summed E-state index contributed by atoms with van der Waals surface area (Å²) in [4.78, 5) is 5.09. The Labute approximate surface area is 502 Å². The Morgan fingerprint density at radius 3 is 1.00 bits per heavy atom. The van der Waals surface area contributed by atoms with Crippen LogP contribution in [0.3, 0.4) is 0 Å². The second-order valence-electron chi connectivity index (χ2n) is 28.6. The van der Waals surface area contributed by atoms with Crippen LogP contribution in [-0.4, -0.2) is 13.4 Å². The third kappa shape index (κ3) is 9.95. The van der Waals surface area contributed by atoms with Crippen LogP contribution < -0.4 is 52.1 Å². The van der Waals surface area contributed by atoms with Crippen molar-refractivity contribution in [3.05, 3.63) is 203 Å². The van der Waals surface area contributed by atoms with Gasteiger partial charge >= 0.3 is 0 Å². The van der Waals surface area contributed by atoms with E-state index in [9.17, 15) is 0 Å². The molecular weight excluding hydrogens is 1020 g/mol. The SMILES string of the molecule is CC(C)Cc1ccc(N2c3ccc(CC(C)C)cc3B3c4cc(-c5ccc(C(C)(C)C)cc5)ccc4Oc4c3c2c2c3c4N(c4ccc(CC(C)C)cc4)c4ccc(CC(C)C)cc4B3c3cc(-c4ccc(C(C)(C)C)cc4)ccc3O2)cc1. The predicted molar refractivity (Wildman–Crippen MR) is 361 cm³/mol. The molecule has 0 aromatic heterocycles. The molecule has 4 nitrogen and oxygen atoms in total. The summed E-state index contributed by atoms with van der Waals surface area (Å²) in [6.45, 7) is 31.9. The van der Waals surface area contributed by atoms with Crippen molar-refractivity contribution >= 4 is 80.3 Å². The fraction of sp³-hybridized carbons (Fsp3) is 0.308. The molecule has 0 bridgehead atoms. The molecular formula is C78H82B2N2O2. The average molecular weight is 1100 g/mol. The van der Waals surface area contributed by atoms with Crippen LogP contribution in [0, 0.1) is 23.7 Å². The fourth-order valence-corrected chi connectivity index (χ4v) is 14.1. The third-order valence-corrected chi connectivity index (χ3v) is 17.9. The molecule has 13 rings (SSSR count). The minimum Gasteiger partial charge on any atom is -0.456 e. The molecule has 4 aliphatic heterocycles. The summed E-state index contributed by atoms with van der Waals surface area (Å²) in [7, 11) is 0. The summed E-state index contributed by atoms with van der Waals surface area (Å²) in [5.41, 5.74) is 26.6. The number of nitrogens with zero attached hydrogens (tertiary/aromatic N) is 2. The van der Waals surface area contributed by atoms with Crippen molar-refractivity contribution in [3.63, 3.8) is 0 Å². The highest BCUT2D eigenvalue weighted by atomic mass is 16.5. The Balaban J connectivity index is 1.14. The first-order valence-corrected chi connectivity index (χ1v) is 31.3. The molecule has 0 atom stereocenters. The van der Waals surface area contributed by atoms with Crippen LogP contribution in [0.1, 0.15) is 130 Å². The van der Waals surface area contributed by atoms with Crippen molar-refractivity contribution in [1.82, 2.24) is 0 Å². The molecule has 4 aliphatic rings. The highest BCUT2D eigenvalue weighted by Gasteiger charge is 2.52. The maximum absolute atomic E-state index is 7.92. The Morgan fingerprint density at radius 2 is 0.667 bits per heavy atom. The number of benzene rings is 9. The number of fused-ring (bicyclic) bond motifs is 10. The quantitative estimate of drug-likeness (QED) is 0.114. The van der Waals surface area contributed by atoms with Crippen LogP contribution in [0.2, 0.25) is 0 Å².